The van der Waals surface area contributed by atoms with E-state index in [0.717, 1.165) is 0 Å². The molecule has 1 saturated carbocycles. The first-order valence-electron chi connectivity index (χ1n) is 7.55. The molecular formula is C18H13ClFN3O2. The average molecular weight is 358 g/mol. The normalized spacial score (nSPS) is 18.1. The number of nitrogens with zero attached hydrogens (tertiary/aromatic N) is 1. The fourth-order valence-corrected chi connectivity index (χ4v) is 2.63. The Bertz CT molecular complexity index is 877. The van der Waals surface area contributed by atoms with Gasteiger partial charge in [-0.05, 0) is 48.9 Å². The standard InChI is InChI=1S/C18H13ClFN3O2/c19-15-7-12(5-6-16(15)20)23-18(25)14-8-13(14)17(24)22-11-3-1-10(9-21)2-4-11/h1-7,13-14H,8H2,(H,22,24)(H,23,25). The molecule has 126 valence electrons. The van der Waals surface area contributed by atoms with Gasteiger partial charge in [-0.2, -0.15) is 5.26 Å². The molecule has 0 aromatic heterocycles. The minimum absolute atomic E-state index is 0.0799. The van der Waals surface area contributed by atoms with Gasteiger partial charge in [-0.25, -0.2) is 4.39 Å². The molecule has 3 rings (SSSR count). The van der Waals surface area contributed by atoms with E-state index in [1.54, 1.807) is 24.3 Å². The van der Waals surface area contributed by atoms with Gasteiger partial charge in [0.25, 0.3) is 0 Å². The molecule has 0 aliphatic heterocycles. The summed E-state index contributed by atoms with van der Waals surface area (Å²) in [5.41, 5.74) is 1.45. The topological polar surface area (TPSA) is 82.0 Å². The third-order valence-corrected chi connectivity index (χ3v) is 4.22. The van der Waals surface area contributed by atoms with E-state index in [9.17, 15) is 14.0 Å². The molecule has 25 heavy (non-hydrogen) atoms. The van der Waals surface area contributed by atoms with E-state index in [2.05, 4.69) is 10.6 Å². The zero-order valence-corrected chi connectivity index (χ0v) is 13.7. The predicted octanol–water partition coefficient (Wildman–Crippen LogP) is 3.56. The van der Waals surface area contributed by atoms with Gasteiger partial charge in [-0.3, -0.25) is 9.59 Å². The van der Waals surface area contributed by atoms with E-state index in [0.29, 0.717) is 23.4 Å². The largest absolute Gasteiger partial charge is 0.326 e. The Labute approximate surface area is 148 Å². The number of carbonyl (C=O) groups excluding carboxylic acids is 2. The van der Waals surface area contributed by atoms with Crippen LogP contribution in [0.2, 0.25) is 5.02 Å². The first kappa shape index (κ1) is 16.9. The van der Waals surface area contributed by atoms with Crippen molar-refractivity contribution >= 4 is 34.8 Å². The maximum absolute atomic E-state index is 13.1. The molecule has 2 amide bonds. The highest BCUT2D eigenvalue weighted by Crippen LogP contribution is 2.40. The van der Waals surface area contributed by atoms with Crippen LogP contribution >= 0.6 is 11.6 Å². The summed E-state index contributed by atoms with van der Waals surface area (Å²) in [7, 11) is 0. The molecule has 0 radical (unpaired) electrons. The van der Waals surface area contributed by atoms with E-state index < -0.39 is 17.7 Å². The number of anilines is 2. The summed E-state index contributed by atoms with van der Waals surface area (Å²) >= 11 is 5.67. The highest BCUT2D eigenvalue weighted by atomic mass is 35.5. The molecule has 2 aromatic carbocycles. The molecule has 2 N–H and O–H groups in total. The number of halogens is 2. The Kier molecular flexibility index (Phi) is 4.68. The molecule has 0 heterocycles. The lowest BCUT2D eigenvalue weighted by molar-refractivity contribution is -0.122. The average Bonchev–Trinajstić information content (AvgIpc) is 3.40. The molecule has 2 atom stereocenters. The summed E-state index contributed by atoms with van der Waals surface area (Å²) in [6.07, 6.45) is 0.447. The molecule has 1 aliphatic rings. The van der Waals surface area contributed by atoms with E-state index in [1.165, 1.54) is 18.2 Å². The van der Waals surface area contributed by atoms with Gasteiger partial charge >= 0.3 is 0 Å². The molecule has 7 heteroatoms. The van der Waals surface area contributed by atoms with Crippen LogP contribution in [-0.2, 0) is 9.59 Å². The van der Waals surface area contributed by atoms with Crippen LogP contribution < -0.4 is 10.6 Å². The van der Waals surface area contributed by atoms with Gasteiger partial charge in [-0.15, -0.1) is 0 Å². The minimum atomic E-state index is -0.564. The smallest absolute Gasteiger partial charge is 0.228 e. The molecule has 5 nitrogen and oxygen atoms in total. The Morgan fingerprint density at radius 3 is 2.16 bits per heavy atom. The van der Waals surface area contributed by atoms with Gasteiger partial charge < -0.3 is 10.6 Å². The van der Waals surface area contributed by atoms with E-state index in [4.69, 9.17) is 16.9 Å². The van der Waals surface area contributed by atoms with Gasteiger partial charge in [0.05, 0.1) is 28.5 Å². The number of nitriles is 1. The lowest BCUT2D eigenvalue weighted by Crippen LogP contribution is -2.20. The molecule has 2 aromatic rings. The molecule has 1 aliphatic carbocycles. The molecule has 0 spiro atoms. The Hall–Kier alpha value is -2.91. The van der Waals surface area contributed by atoms with Gasteiger partial charge in [0, 0.05) is 11.4 Å². The van der Waals surface area contributed by atoms with E-state index in [-0.39, 0.29) is 16.8 Å². The zero-order valence-electron chi connectivity index (χ0n) is 12.9. The number of benzene rings is 2. The quantitative estimate of drug-likeness (QED) is 0.877. The van der Waals surface area contributed by atoms with Gasteiger partial charge in [0.2, 0.25) is 11.8 Å². The number of nitrogens with one attached hydrogen (secondary N) is 2. The van der Waals surface area contributed by atoms with Crippen LogP contribution in [0.4, 0.5) is 15.8 Å². The third-order valence-electron chi connectivity index (χ3n) is 3.93. The monoisotopic (exact) mass is 357 g/mol. The summed E-state index contributed by atoms with van der Waals surface area (Å²) in [5.74, 6) is -1.95. The Balaban J connectivity index is 1.55. The van der Waals surface area contributed by atoms with Crippen LogP contribution in [0.5, 0.6) is 0 Å². The first-order valence-corrected chi connectivity index (χ1v) is 7.92. The number of carbonyl (C=O) groups is 2. The summed E-state index contributed by atoms with van der Waals surface area (Å²) in [6.45, 7) is 0. The lowest BCUT2D eigenvalue weighted by Gasteiger charge is -2.07. The van der Waals surface area contributed by atoms with Gasteiger partial charge in [-0.1, -0.05) is 11.6 Å². The predicted molar refractivity (Wildman–Crippen MR) is 91.4 cm³/mol. The zero-order chi connectivity index (χ0) is 18.0. The first-order chi connectivity index (χ1) is 12.0. The van der Waals surface area contributed by atoms with Crippen molar-refractivity contribution in [1.82, 2.24) is 0 Å². The molecular weight excluding hydrogens is 345 g/mol. The second kappa shape index (κ2) is 6.91. The van der Waals surface area contributed by atoms with Gasteiger partial charge in [0.1, 0.15) is 5.82 Å². The summed E-state index contributed by atoms with van der Waals surface area (Å²) in [4.78, 5) is 24.3. The Morgan fingerprint density at radius 1 is 1.04 bits per heavy atom. The molecule has 0 saturated heterocycles. The van der Waals surface area contributed by atoms with Crippen molar-refractivity contribution in [3.05, 3.63) is 58.9 Å². The van der Waals surface area contributed by atoms with E-state index in [1.807, 2.05) is 6.07 Å². The number of hydrogen-bond donors (Lipinski definition) is 2. The Morgan fingerprint density at radius 2 is 1.60 bits per heavy atom. The van der Waals surface area contributed by atoms with Crippen molar-refractivity contribution in [3.8, 4) is 6.07 Å². The maximum Gasteiger partial charge on any atom is 0.228 e. The second-order valence-corrected chi connectivity index (χ2v) is 6.15. The summed E-state index contributed by atoms with van der Waals surface area (Å²) in [6, 6.07) is 12.4. The van der Waals surface area contributed by atoms with Crippen LogP contribution in [0.15, 0.2) is 42.5 Å². The number of rotatable bonds is 4. The summed E-state index contributed by atoms with van der Waals surface area (Å²) < 4.78 is 13.1. The second-order valence-electron chi connectivity index (χ2n) is 5.75. The van der Waals surface area contributed by atoms with E-state index >= 15 is 0 Å². The van der Waals surface area contributed by atoms with Crippen molar-refractivity contribution in [3.63, 3.8) is 0 Å². The fourth-order valence-electron chi connectivity index (χ4n) is 2.45. The van der Waals surface area contributed by atoms with Crippen molar-refractivity contribution in [1.29, 1.82) is 5.26 Å². The van der Waals surface area contributed by atoms with Crippen molar-refractivity contribution in [2.75, 3.05) is 10.6 Å². The lowest BCUT2D eigenvalue weighted by atomic mass is 10.2. The van der Waals surface area contributed by atoms with Crippen LogP contribution in [0.1, 0.15) is 12.0 Å². The minimum Gasteiger partial charge on any atom is -0.326 e. The number of amides is 2. The molecule has 2 unspecified atom stereocenters. The van der Waals surface area contributed by atoms with Crippen LogP contribution in [0.3, 0.4) is 0 Å². The van der Waals surface area contributed by atoms with Crippen LogP contribution in [-0.4, -0.2) is 11.8 Å². The third kappa shape index (κ3) is 3.95. The maximum atomic E-state index is 13.1. The van der Waals surface area contributed by atoms with Crippen molar-refractivity contribution < 1.29 is 14.0 Å². The molecule has 1 fully saturated rings. The van der Waals surface area contributed by atoms with Crippen LogP contribution in [0, 0.1) is 29.0 Å². The highest BCUT2D eigenvalue weighted by Gasteiger charge is 2.48. The van der Waals surface area contributed by atoms with Crippen molar-refractivity contribution in [2.24, 2.45) is 11.8 Å². The number of hydrogen-bond acceptors (Lipinski definition) is 3. The highest BCUT2D eigenvalue weighted by molar-refractivity contribution is 6.31. The van der Waals surface area contributed by atoms with Crippen molar-refractivity contribution in [2.45, 2.75) is 6.42 Å². The fraction of sp³-hybridized carbons (Fsp3) is 0.167. The SMILES string of the molecule is N#Cc1ccc(NC(=O)C2CC2C(=O)Nc2ccc(F)c(Cl)c2)cc1. The van der Waals surface area contributed by atoms with Crippen LogP contribution in [0.25, 0.3) is 0 Å². The molecule has 0 bridgehead atoms. The van der Waals surface area contributed by atoms with Gasteiger partial charge in [0.15, 0.2) is 0 Å². The summed E-state index contributed by atoms with van der Waals surface area (Å²) in [5, 5.41) is 14.0.